The van der Waals surface area contributed by atoms with Crippen molar-refractivity contribution >= 4 is 21.5 Å². The van der Waals surface area contributed by atoms with E-state index in [-0.39, 0.29) is 10.8 Å². The van der Waals surface area contributed by atoms with Crippen molar-refractivity contribution in [3.8, 4) is 55.6 Å². The summed E-state index contributed by atoms with van der Waals surface area (Å²) in [5, 5.41) is 5.16. The Labute approximate surface area is 301 Å². The van der Waals surface area contributed by atoms with Gasteiger partial charge >= 0.3 is 0 Å². The molecule has 0 saturated carbocycles. The minimum atomic E-state index is -0.0545. The summed E-state index contributed by atoms with van der Waals surface area (Å²) in [6.07, 6.45) is 0. The van der Waals surface area contributed by atoms with E-state index in [1.165, 1.54) is 105 Å². The first-order valence-corrected chi connectivity index (χ1v) is 18.3. The topological polar surface area (TPSA) is 0 Å². The van der Waals surface area contributed by atoms with Gasteiger partial charge in [-0.1, -0.05) is 173 Å². The smallest absolute Gasteiger partial charge is 0.0159 e. The Balaban J connectivity index is 1.23. The highest BCUT2D eigenvalue weighted by Crippen LogP contribution is 2.53. The van der Waals surface area contributed by atoms with E-state index in [2.05, 4.69) is 186 Å². The fraction of sp³-hybridized carbons (Fsp3) is 0.137. The third-order valence-corrected chi connectivity index (χ3v) is 12.1. The van der Waals surface area contributed by atoms with Crippen LogP contribution in [0.15, 0.2) is 152 Å². The molecule has 0 heterocycles. The van der Waals surface area contributed by atoms with Gasteiger partial charge in [-0.2, -0.15) is 0 Å². The van der Waals surface area contributed by atoms with Crippen LogP contribution < -0.4 is 0 Å². The van der Waals surface area contributed by atoms with Gasteiger partial charge in [-0.3, -0.25) is 0 Å². The van der Waals surface area contributed by atoms with Crippen LogP contribution in [0.25, 0.3) is 77.2 Å². The first-order valence-electron chi connectivity index (χ1n) is 18.3. The van der Waals surface area contributed by atoms with Crippen LogP contribution in [0.1, 0.15) is 55.5 Å². The second-order valence-electron chi connectivity index (χ2n) is 15.8. The van der Waals surface area contributed by atoms with Gasteiger partial charge in [0.25, 0.3) is 0 Å². The number of hydrogen-bond donors (Lipinski definition) is 0. The molecule has 10 rings (SSSR count). The quantitative estimate of drug-likeness (QED) is 0.167. The Morgan fingerprint density at radius 1 is 0.314 bits per heavy atom. The van der Waals surface area contributed by atoms with Gasteiger partial charge in [0, 0.05) is 10.8 Å². The van der Waals surface area contributed by atoms with Crippen LogP contribution >= 0.6 is 0 Å². The second-order valence-corrected chi connectivity index (χ2v) is 15.8. The molecule has 0 radical (unpaired) electrons. The molecule has 51 heavy (non-hydrogen) atoms. The molecule has 0 N–H and O–H groups in total. The predicted molar refractivity (Wildman–Crippen MR) is 218 cm³/mol. The normalized spacial score (nSPS) is 14.7. The van der Waals surface area contributed by atoms with Gasteiger partial charge in [-0.15, -0.1) is 0 Å². The van der Waals surface area contributed by atoms with Crippen molar-refractivity contribution in [2.75, 3.05) is 0 Å². The highest BCUT2D eigenvalue weighted by molar-refractivity contribution is 6.22. The van der Waals surface area contributed by atoms with E-state index in [9.17, 15) is 0 Å². The van der Waals surface area contributed by atoms with Crippen molar-refractivity contribution in [3.05, 3.63) is 179 Å². The molecule has 2 aliphatic rings. The minimum absolute atomic E-state index is 0.0195. The van der Waals surface area contributed by atoms with Crippen molar-refractivity contribution in [1.82, 2.24) is 0 Å². The van der Waals surface area contributed by atoms with Crippen LogP contribution in [0, 0.1) is 6.92 Å². The zero-order valence-corrected chi connectivity index (χ0v) is 29.9. The summed E-state index contributed by atoms with van der Waals surface area (Å²) >= 11 is 0. The van der Waals surface area contributed by atoms with E-state index in [1.807, 2.05) is 0 Å². The summed E-state index contributed by atoms with van der Waals surface area (Å²) in [6.45, 7) is 11.7. The van der Waals surface area contributed by atoms with Gasteiger partial charge in [0.05, 0.1) is 0 Å². The molecule has 8 aromatic rings. The van der Waals surface area contributed by atoms with Crippen molar-refractivity contribution in [2.45, 2.75) is 45.4 Å². The van der Waals surface area contributed by atoms with Crippen molar-refractivity contribution in [1.29, 1.82) is 0 Å². The summed E-state index contributed by atoms with van der Waals surface area (Å²) in [5.41, 5.74) is 19.9. The van der Waals surface area contributed by atoms with Crippen LogP contribution in [0.4, 0.5) is 0 Å². The number of aryl methyl sites for hydroxylation is 1. The Morgan fingerprint density at radius 3 is 1.55 bits per heavy atom. The molecular formula is C51H40. The molecule has 0 amide bonds. The molecule has 0 saturated heterocycles. The lowest BCUT2D eigenvalue weighted by atomic mass is 9.80. The van der Waals surface area contributed by atoms with E-state index in [0.717, 1.165) is 0 Å². The van der Waals surface area contributed by atoms with Gasteiger partial charge in [0.2, 0.25) is 0 Å². The van der Waals surface area contributed by atoms with Crippen LogP contribution in [0.3, 0.4) is 0 Å². The van der Waals surface area contributed by atoms with Crippen LogP contribution in [-0.2, 0) is 10.8 Å². The van der Waals surface area contributed by atoms with Gasteiger partial charge in [-0.05, 0) is 118 Å². The molecule has 0 aromatic heterocycles. The van der Waals surface area contributed by atoms with Gasteiger partial charge < -0.3 is 0 Å². The average molecular weight is 653 g/mol. The lowest BCUT2D eigenvalue weighted by Crippen LogP contribution is -2.14. The fourth-order valence-corrected chi connectivity index (χ4v) is 9.59. The molecule has 0 unspecified atom stereocenters. The Kier molecular flexibility index (Phi) is 6.29. The maximum Gasteiger partial charge on any atom is 0.0159 e. The summed E-state index contributed by atoms with van der Waals surface area (Å²) in [5.74, 6) is 0. The molecule has 0 nitrogen and oxygen atoms in total. The molecule has 8 aromatic carbocycles. The minimum Gasteiger partial charge on any atom is -0.0619 e. The second kappa shape index (κ2) is 10.6. The van der Waals surface area contributed by atoms with E-state index in [4.69, 9.17) is 0 Å². The zero-order valence-electron chi connectivity index (χ0n) is 29.9. The maximum atomic E-state index is 2.46. The van der Waals surface area contributed by atoms with Gasteiger partial charge in [0.1, 0.15) is 0 Å². The molecule has 0 aliphatic heterocycles. The van der Waals surface area contributed by atoms with Crippen molar-refractivity contribution in [3.63, 3.8) is 0 Å². The SMILES string of the molecule is Cc1ccc2c(-c3ccccc3-c3ccc4c(c3)C(C)(C)c3ccccc3-4)c3ccccc3c(-c3ccc4c(c3)-c3ccccc3C4(C)C)c2c1. The number of rotatable bonds is 3. The zero-order chi connectivity index (χ0) is 34.6. The third-order valence-electron chi connectivity index (χ3n) is 12.1. The molecule has 0 heteroatoms. The molecule has 244 valence electrons. The number of fused-ring (bicyclic) bond motifs is 8. The maximum absolute atomic E-state index is 2.46. The summed E-state index contributed by atoms with van der Waals surface area (Å²) in [7, 11) is 0. The molecular weight excluding hydrogens is 613 g/mol. The third kappa shape index (κ3) is 4.20. The standard InChI is InChI=1S/C51H40/c1-31-22-25-41-43(28-31)48(33-24-27-46-42(29-33)36-16-11-13-21-45(36)50(46,2)3)39-18-8-9-19-40(39)49(41)38-17-7-6-14-34(38)32-23-26-37-35-15-10-12-20-44(35)51(4,5)47(37)30-32/h6-30H,1-5H3. The molecule has 2 aliphatic carbocycles. The first-order chi connectivity index (χ1) is 24.7. The van der Waals surface area contributed by atoms with E-state index in [1.54, 1.807) is 0 Å². The van der Waals surface area contributed by atoms with Crippen molar-refractivity contribution in [2.24, 2.45) is 0 Å². The highest BCUT2D eigenvalue weighted by Gasteiger charge is 2.36. The Bertz CT molecular complexity index is 2750. The molecule has 0 bridgehead atoms. The highest BCUT2D eigenvalue weighted by atomic mass is 14.4. The van der Waals surface area contributed by atoms with E-state index >= 15 is 0 Å². The number of hydrogen-bond acceptors (Lipinski definition) is 0. The van der Waals surface area contributed by atoms with E-state index < -0.39 is 0 Å². The lowest BCUT2D eigenvalue weighted by Gasteiger charge is -2.23. The molecule has 0 fully saturated rings. The molecule has 0 atom stereocenters. The lowest BCUT2D eigenvalue weighted by molar-refractivity contribution is 0.660. The fourth-order valence-electron chi connectivity index (χ4n) is 9.59. The Hall–Kier alpha value is -5.72. The molecule has 0 spiro atoms. The summed E-state index contributed by atoms with van der Waals surface area (Å²) in [4.78, 5) is 0. The van der Waals surface area contributed by atoms with Crippen LogP contribution in [0.5, 0.6) is 0 Å². The first kappa shape index (κ1) is 30.1. The summed E-state index contributed by atoms with van der Waals surface area (Å²) < 4.78 is 0. The predicted octanol–water partition coefficient (Wildman–Crippen LogP) is 13.9. The van der Waals surface area contributed by atoms with Gasteiger partial charge in [0.15, 0.2) is 0 Å². The monoisotopic (exact) mass is 652 g/mol. The van der Waals surface area contributed by atoms with Crippen molar-refractivity contribution < 1.29 is 0 Å². The number of benzene rings is 8. The van der Waals surface area contributed by atoms with Gasteiger partial charge in [-0.25, -0.2) is 0 Å². The average Bonchev–Trinajstić information content (AvgIpc) is 3.53. The van der Waals surface area contributed by atoms with Crippen LogP contribution in [0.2, 0.25) is 0 Å². The largest absolute Gasteiger partial charge is 0.0619 e. The summed E-state index contributed by atoms with van der Waals surface area (Å²) in [6, 6.07) is 57.4. The van der Waals surface area contributed by atoms with Crippen LogP contribution in [-0.4, -0.2) is 0 Å². The van der Waals surface area contributed by atoms with E-state index in [0.29, 0.717) is 0 Å². The Morgan fingerprint density at radius 2 is 0.824 bits per heavy atom.